The number of hydrogen-bond acceptors (Lipinski definition) is 5. The molecule has 0 aliphatic heterocycles. The van der Waals surface area contributed by atoms with Gasteiger partial charge in [0.05, 0.1) is 12.3 Å². The molecule has 0 saturated carbocycles. The zero-order valence-electron chi connectivity index (χ0n) is 9.23. The SMILES string of the molecule is CCOc1ccccc1Nc1nnc(C)s1. The molecule has 16 heavy (non-hydrogen) atoms. The minimum absolute atomic E-state index is 0.647. The van der Waals surface area contributed by atoms with Crippen molar-refractivity contribution in [2.75, 3.05) is 11.9 Å². The summed E-state index contributed by atoms with van der Waals surface area (Å²) in [6.45, 7) is 4.54. The second-order valence-corrected chi connectivity index (χ2v) is 4.36. The normalized spacial score (nSPS) is 10.1. The highest BCUT2D eigenvalue weighted by Gasteiger charge is 2.05. The van der Waals surface area contributed by atoms with Crippen LogP contribution in [0.2, 0.25) is 0 Å². The van der Waals surface area contributed by atoms with Crippen LogP contribution in [0.5, 0.6) is 5.75 Å². The second-order valence-electron chi connectivity index (χ2n) is 3.18. The van der Waals surface area contributed by atoms with Crippen LogP contribution in [0, 0.1) is 6.92 Å². The number of anilines is 2. The van der Waals surface area contributed by atoms with Gasteiger partial charge >= 0.3 is 0 Å². The van der Waals surface area contributed by atoms with Crippen molar-refractivity contribution in [3.63, 3.8) is 0 Å². The molecule has 0 aliphatic rings. The van der Waals surface area contributed by atoms with E-state index in [2.05, 4.69) is 15.5 Å². The van der Waals surface area contributed by atoms with Crippen LogP contribution in [0.25, 0.3) is 0 Å². The largest absolute Gasteiger partial charge is 0.492 e. The van der Waals surface area contributed by atoms with Crippen molar-refractivity contribution in [1.29, 1.82) is 0 Å². The van der Waals surface area contributed by atoms with E-state index in [1.807, 2.05) is 38.1 Å². The summed E-state index contributed by atoms with van der Waals surface area (Å²) >= 11 is 1.52. The highest BCUT2D eigenvalue weighted by atomic mass is 32.1. The summed E-state index contributed by atoms with van der Waals surface area (Å²) < 4.78 is 5.51. The molecule has 0 atom stereocenters. The van der Waals surface area contributed by atoms with Gasteiger partial charge in [0.15, 0.2) is 0 Å². The fraction of sp³-hybridized carbons (Fsp3) is 0.273. The molecule has 1 aromatic carbocycles. The van der Waals surface area contributed by atoms with Crippen LogP contribution in [-0.2, 0) is 0 Å². The highest BCUT2D eigenvalue weighted by Crippen LogP contribution is 2.28. The van der Waals surface area contributed by atoms with Gasteiger partial charge in [-0.05, 0) is 26.0 Å². The van der Waals surface area contributed by atoms with Gasteiger partial charge in [0.2, 0.25) is 5.13 Å². The summed E-state index contributed by atoms with van der Waals surface area (Å²) in [5, 5.41) is 12.9. The predicted molar refractivity (Wildman–Crippen MR) is 65.5 cm³/mol. The summed E-state index contributed by atoms with van der Waals surface area (Å²) in [6, 6.07) is 7.79. The van der Waals surface area contributed by atoms with Gasteiger partial charge in [-0.25, -0.2) is 0 Å². The second kappa shape index (κ2) is 4.94. The lowest BCUT2D eigenvalue weighted by molar-refractivity contribution is 0.342. The lowest BCUT2D eigenvalue weighted by Crippen LogP contribution is -1.97. The molecule has 0 amide bonds. The van der Waals surface area contributed by atoms with E-state index in [4.69, 9.17) is 4.74 Å². The number of nitrogens with one attached hydrogen (secondary N) is 1. The first-order chi connectivity index (χ1) is 7.79. The highest BCUT2D eigenvalue weighted by molar-refractivity contribution is 7.15. The zero-order chi connectivity index (χ0) is 11.4. The third-order valence-corrected chi connectivity index (χ3v) is 2.71. The maximum atomic E-state index is 5.51. The Kier molecular flexibility index (Phi) is 3.36. The first-order valence-corrected chi connectivity index (χ1v) is 5.90. The van der Waals surface area contributed by atoms with E-state index in [9.17, 15) is 0 Å². The molecule has 0 saturated heterocycles. The lowest BCUT2D eigenvalue weighted by Gasteiger charge is -2.09. The molecule has 2 rings (SSSR count). The Morgan fingerprint density at radius 2 is 2.12 bits per heavy atom. The molecular weight excluding hydrogens is 222 g/mol. The van der Waals surface area contributed by atoms with Crippen molar-refractivity contribution in [1.82, 2.24) is 10.2 Å². The van der Waals surface area contributed by atoms with Gasteiger partial charge in [-0.2, -0.15) is 0 Å². The van der Waals surface area contributed by atoms with Crippen molar-refractivity contribution in [3.05, 3.63) is 29.3 Å². The number of ether oxygens (including phenoxy) is 1. The number of benzene rings is 1. The molecule has 0 aliphatic carbocycles. The van der Waals surface area contributed by atoms with E-state index in [1.54, 1.807) is 0 Å². The van der Waals surface area contributed by atoms with Crippen molar-refractivity contribution in [2.24, 2.45) is 0 Å². The monoisotopic (exact) mass is 235 g/mol. The molecule has 1 aromatic heterocycles. The van der Waals surface area contributed by atoms with Gasteiger partial charge in [-0.3, -0.25) is 0 Å². The summed E-state index contributed by atoms with van der Waals surface area (Å²) in [4.78, 5) is 0. The van der Waals surface area contributed by atoms with E-state index in [-0.39, 0.29) is 0 Å². The fourth-order valence-electron chi connectivity index (χ4n) is 1.31. The average Bonchev–Trinajstić information content (AvgIpc) is 2.67. The maximum Gasteiger partial charge on any atom is 0.210 e. The van der Waals surface area contributed by atoms with Gasteiger partial charge in [0.1, 0.15) is 10.8 Å². The number of hydrogen-bond donors (Lipinski definition) is 1. The Balaban J connectivity index is 2.20. The van der Waals surface area contributed by atoms with Crippen LogP contribution < -0.4 is 10.1 Å². The number of para-hydroxylation sites is 2. The Hall–Kier alpha value is -1.62. The van der Waals surface area contributed by atoms with E-state index in [0.29, 0.717) is 6.61 Å². The summed E-state index contributed by atoms with van der Waals surface area (Å²) in [5.41, 5.74) is 0.917. The standard InChI is InChI=1S/C11H13N3OS/c1-3-15-10-7-5-4-6-9(10)12-11-14-13-8(2)16-11/h4-7H,3H2,1-2H3,(H,12,14). The molecule has 2 aromatic rings. The number of aryl methyl sites for hydroxylation is 1. The number of rotatable bonds is 4. The van der Waals surface area contributed by atoms with Gasteiger partial charge in [-0.15, -0.1) is 10.2 Å². The summed E-state index contributed by atoms with van der Waals surface area (Å²) in [6.07, 6.45) is 0. The predicted octanol–water partition coefficient (Wildman–Crippen LogP) is 2.99. The molecule has 5 heteroatoms. The van der Waals surface area contributed by atoms with Gasteiger partial charge in [0, 0.05) is 0 Å². The molecule has 0 radical (unpaired) electrons. The smallest absolute Gasteiger partial charge is 0.210 e. The fourth-order valence-corrected chi connectivity index (χ4v) is 1.92. The van der Waals surface area contributed by atoms with Crippen molar-refractivity contribution >= 4 is 22.2 Å². The maximum absolute atomic E-state index is 5.51. The topological polar surface area (TPSA) is 47.0 Å². The Morgan fingerprint density at radius 3 is 2.81 bits per heavy atom. The summed E-state index contributed by atoms with van der Waals surface area (Å²) in [5.74, 6) is 0.831. The Labute approximate surface area is 98.3 Å². The van der Waals surface area contributed by atoms with Crippen LogP contribution in [0.15, 0.2) is 24.3 Å². The number of aromatic nitrogens is 2. The van der Waals surface area contributed by atoms with Crippen molar-refractivity contribution in [2.45, 2.75) is 13.8 Å². The zero-order valence-corrected chi connectivity index (χ0v) is 10.0. The van der Waals surface area contributed by atoms with Crippen LogP contribution in [0.1, 0.15) is 11.9 Å². The van der Waals surface area contributed by atoms with Crippen LogP contribution in [-0.4, -0.2) is 16.8 Å². The van der Waals surface area contributed by atoms with Crippen molar-refractivity contribution < 1.29 is 4.74 Å². The quantitative estimate of drug-likeness (QED) is 0.885. The molecule has 0 bridgehead atoms. The third-order valence-electron chi connectivity index (χ3n) is 1.95. The molecule has 4 nitrogen and oxygen atoms in total. The average molecular weight is 235 g/mol. The van der Waals surface area contributed by atoms with Crippen LogP contribution >= 0.6 is 11.3 Å². The summed E-state index contributed by atoms with van der Waals surface area (Å²) in [7, 11) is 0. The van der Waals surface area contributed by atoms with E-state index >= 15 is 0 Å². The molecule has 0 unspecified atom stereocenters. The van der Waals surface area contributed by atoms with Gasteiger partial charge in [0.25, 0.3) is 0 Å². The number of nitrogens with zero attached hydrogens (tertiary/aromatic N) is 2. The molecule has 1 N–H and O–H groups in total. The van der Waals surface area contributed by atoms with Gasteiger partial charge < -0.3 is 10.1 Å². The first kappa shape index (κ1) is 10.9. The molecule has 1 heterocycles. The Bertz CT molecular complexity index is 470. The van der Waals surface area contributed by atoms with Crippen molar-refractivity contribution in [3.8, 4) is 5.75 Å². The van der Waals surface area contributed by atoms with Gasteiger partial charge in [-0.1, -0.05) is 23.5 Å². The minimum Gasteiger partial charge on any atom is -0.492 e. The van der Waals surface area contributed by atoms with E-state index in [1.165, 1.54) is 11.3 Å². The minimum atomic E-state index is 0.647. The Morgan fingerprint density at radius 1 is 1.31 bits per heavy atom. The van der Waals surface area contributed by atoms with E-state index < -0.39 is 0 Å². The molecule has 84 valence electrons. The lowest BCUT2D eigenvalue weighted by atomic mass is 10.3. The molecular formula is C11H13N3OS. The molecule has 0 spiro atoms. The third kappa shape index (κ3) is 2.49. The van der Waals surface area contributed by atoms with E-state index in [0.717, 1.165) is 21.6 Å². The molecule has 0 fully saturated rings. The van der Waals surface area contributed by atoms with Crippen LogP contribution in [0.3, 0.4) is 0 Å². The van der Waals surface area contributed by atoms with Crippen LogP contribution in [0.4, 0.5) is 10.8 Å². The first-order valence-electron chi connectivity index (χ1n) is 5.08.